The quantitative estimate of drug-likeness (QED) is 0.257. The lowest BCUT2D eigenvalue weighted by atomic mass is 10.1. The Morgan fingerprint density at radius 1 is 1.32 bits per heavy atom. The average molecular weight is 508 g/mol. The molecule has 0 radical (unpaired) electrons. The van der Waals surface area contributed by atoms with Crippen LogP contribution in [-0.4, -0.2) is 62.4 Å². The summed E-state index contributed by atoms with van der Waals surface area (Å²) in [5, 5.41) is 6.61. The number of nitrogens with one attached hydrogen (secondary N) is 2. The predicted octanol–water partition coefficient (Wildman–Crippen LogP) is 3.00. The van der Waals surface area contributed by atoms with Gasteiger partial charge in [-0.25, -0.2) is 14.2 Å². The maximum Gasteiger partial charge on any atom is 0.409 e. The Morgan fingerprint density at radius 2 is 2.07 bits per heavy atom. The number of hydrogen-bond acceptors (Lipinski definition) is 4. The van der Waals surface area contributed by atoms with Gasteiger partial charge in [-0.15, -0.1) is 24.0 Å². The molecule has 0 spiro atoms. The van der Waals surface area contributed by atoms with Gasteiger partial charge >= 0.3 is 6.09 Å². The standard InChI is InChI=1S/C19H29FN4O3.HI/c1-3-21-18(22-10-13-27-17-7-5-6-15(20)14-17)23-16-8-11-24(12-9-16)19(25)26-4-2;/h5-7,14,16H,3-4,8-13H2,1-2H3,(H2,21,22,23);1H. The van der Waals surface area contributed by atoms with Crippen LogP contribution in [0.2, 0.25) is 0 Å². The minimum absolute atomic E-state index is 0. The van der Waals surface area contributed by atoms with E-state index in [9.17, 15) is 9.18 Å². The number of halogens is 2. The zero-order chi connectivity index (χ0) is 19.5. The number of rotatable bonds is 7. The van der Waals surface area contributed by atoms with Crippen molar-refractivity contribution in [1.29, 1.82) is 0 Å². The first-order valence-electron chi connectivity index (χ1n) is 9.47. The molecule has 0 unspecified atom stereocenters. The van der Waals surface area contributed by atoms with Gasteiger partial charge in [-0.2, -0.15) is 0 Å². The minimum Gasteiger partial charge on any atom is -0.492 e. The highest BCUT2D eigenvalue weighted by Gasteiger charge is 2.23. The van der Waals surface area contributed by atoms with Crippen LogP contribution in [0.4, 0.5) is 9.18 Å². The highest BCUT2D eigenvalue weighted by molar-refractivity contribution is 14.0. The third-order valence-electron chi connectivity index (χ3n) is 4.13. The fourth-order valence-corrected chi connectivity index (χ4v) is 2.81. The van der Waals surface area contributed by atoms with Crippen LogP contribution in [-0.2, 0) is 4.74 Å². The maximum atomic E-state index is 13.1. The zero-order valence-corrected chi connectivity index (χ0v) is 18.8. The Hall–Kier alpha value is -1.78. The Bertz CT molecular complexity index is 625. The van der Waals surface area contributed by atoms with E-state index in [0.717, 1.165) is 25.3 Å². The van der Waals surface area contributed by atoms with Gasteiger partial charge in [0.25, 0.3) is 0 Å². The molecule has 0 aromatic heterocycles. The van der Waals surface area contributed by atoms with Crippen LogP contribution in [0.1, 0.15) is 26.7 Å². The van der Waals surface area contributed by atoms with E-state index in [4.69, 9.17) is 9.47 Å². The molecule has 2 N–H and O–H groups in total. The third kappa shape index (κ3) is 8.49. The molecule has 28 heavy (non-hydrogen) atoms. The summed E-state index contributed by atoms with van der Waals surface area (Å²) in [5.41, 5.74) is 0. The molecule has 1 aromatic rings. The number of hydrogen-bond donors (Lipinski definition) is 2. The topological polar surface area (TPSA) is 75.2 Å². The summed E-state index contributed by atoms with van der Waals surface area (Å²) >= 11 is 0. The fourth-order valence-electron chi connectivity index (χ4n) is 2.81. The number of nitrogens with zero attached hydrogens (tertiary/aromatic N) is 2. The maximum absolute atomic E-state index is 13.1. The van der Waals surface area contributed by atoms with E-state index < -0.39 is 0 Å². The normalized spacial score (nSPS) is 14.8. The molecule has 1 aliphatic heterocycles. The average Bonchev–Trinajstić information content (AvgIpc) is 2.66. The van der Waals surface area contributed by atoms with Crippen molar-refractivity contribution in [2.24, 2.45) is 4.99 Å². The number of benzene rings is 1. The molecular weight excluding hydrogens is 478 g/mol. The summed E-state index contributed by atoms with van der Waals surface area (Å²) in [5.74, 6) is 0.893. The molecule has 0 atom stereocenters. The molecule has 0 aliphatic carbocycles. The van der Waals surface area contributed by atoms with E-state index in [1.807, 2.05) is 13.8 Å². The SMILES string of the molecule is CCNC(=NCCOc1cccc(F)c1)NC1CCN(C(=O)OCC)CC1.I. The van der Waals surface area contributed by atoms with Gasteiger partial charge in [0.1, 0.15) is 18.2 Å². The van der Waals surface area contributed by atoms with E-state index in [-0.39, 0.29) is 41.9 Å². The van der Waals surface area contributed by atoms with Crippen molar-refractivity contribution >= 4 is 36.0 Å². The zero-order valence-electron chi connectivity index (χ0n) is 16.4. The van der Waals surface area contributed by atoms with E-state index in [2.05, 4.69) is 15.6 Å². The van der Waals surface area contributed by atoms with Gasteiger partial charge in [-0.3, -0.25) is 0 Å². The van der Waals surface area contributed by atoms with E-state index in [1.165, 1.54) is 12.1 Å². The van der Waals surface area contributed by atoms with Gasteiger partial charge in [0, 0.05) is 31.7 Å². The van der Waals surface area contributed by atoms with Crippen LogP contribution in [0.3, 0.4) is 0 Å². The molecule has 1 aromatic carbocycles. The van der Waals surface area contributed by atoms with Gasteiger partial charge in [-0.1, -0.05) is 6.07 Å². The van der Waals surface area contributed by atoms with E-state index in [0.29, 0.717) is 38.6 Å². The molecule has 9 heteroatoms. The summed E-state index contributed by atoms with van der Waals surface area (Å²) in [6, 6.07) is 6.31. The van der Waals surface area contributed by atoms with Crippen molar-refractivity contribution < 1.29 is 18.7 Å². The Morgan fingerprint density at radius 3 is 2.71 bits per heavy atom. The number of aliphatic imine (C=N–C) groups is 1. The summed E-state index contributed by atoms with van der Waals surface area (Å²) < 4.78 is 23.7. The van der Waals surface area contributed by atoms with Crippen LogP contribution in [0.15, 0.2) is 29.3 Å². The first kappa shape index (κ1) is 24.3. The number of guanidine groups is 1. The van der Waals surface area contributed by atoms with Crippen LogP contribution in [0, 0.1) is 5.82 Å². The number of amides is 1. The highest BCUT2D eigenvalue weighted by atomic mass is 127. The second kappa shape index (κ2) is 13.4. The second-order valence-corrected chi connectivity index (χ2v) is 6.17. The van der Waals surface area contributed by atoms with E-state index >= 15 is 0 Å². The molecular formula is C19H30FIN4O3. The van der Waals surface area contributed by atoms with Crippen molar-refractivity contribution in [2.75, 3.05) is 39.4 Å². The van der Waals surface area contributed by atoms with Crippen LogP contribution < -0.4 is 15.4 Å². The smallest absolute Gasteiger partial charge is 0.409 e. The lowest BCUT2D eigenvalue weighted by molar-refractivity contribution is 0.0963. The molecule has 2 rings (SSSR count). The Balaban J connectivity index is 0.00000392. The Labute approximate surface area is 183 Å². The van der Waals surface area contributed by atoms with Gasteiger partial charge in [-0.05, 0) is 38.8 Å². The van der Waals surface area contributed by atoms with Crippen molar-refractivity contribution in [3.05, 3.63) is 30.1 Å². The second-order valence-electron chi connectivity index (χ2n) is 6.17. The first-order chi connectivity index (χ1) is 13.1. The van der Waals surface area contributed by atoms with Crippen molar-refractivity contribution in [3.8, 4) is 5.75 Å². The van der Waals surface area contributed by atoms with E-state index in [1.54, 1.807) is 17.0 Å². The summed E-state index contributed by atoms with van der Waals surface area (Å²) in [6.45, 7) is 7.10. The van der Waals surface area contributed by atoms with Crippen molar-refractivity contribution in [1.82, 2.24) is 15.5 Å². The largest absolute Gasteiger partial charge is 0.492 e. The molecule has 0 bridgehead atoms. The van der Waals surface area contributed by atoms with Crippen molar-refractivity contribution in [2.45, 2.75) is 32.7 Å². The molecule has 7 nitrogen and oxygen atoms in total. The van der Waals surface area contributed by atoms with Crippen LogP contribution >= 0.6 is 24.0 Å². The first-order valence-corrected chi connectivity index (χ1v) is 9.47. The molecule has 158 valence electrons. The lowest BCUT2D eigenvalue weighted by Crippen LogP contribution is -2.50. The summed E-state index contributed by atoms with van der Waals surface area (Å²) in [6.07, 6.45) is 1.43. The molecule has 0 saturated carbocycles. The summed E-state index contributed by atoms with van der Waals surface area (Å²) in [7, 11) is 0. The molecule has 1 saturated heterocycles. The number of carbonyl (C=O) groups excluding carboxylic acids is 1. The summed E-state index contributed by atoms with van der Waals surface area (Å²) in [4.78, 5) is 18.0. The van der Waals surface area contributed by atoms with Crippen LogP contribution in [0.5, 0.6) is 5.75 Å². The van der Waals surface area contributed by atoms with Gasteiger partial charge in [0.15, 0.2) is 5.96 Å². The van der Waals surface area contributed by atoms with Gasteiger partial charge in [0.05, 0.1) is 13.2 Å². The highest BCUT2D eigenvalue weighted by Crippen LogP contribution is 2.12. The number of ether oxygens (including phenoxy) is 2. The number of piperidine rings is 1. The van der Waals surface area contributed by atoms with Gasteiger partial charge < -0.3 is 25.0 Å². The molecule has 1 aliphatic rings. The minimum atomic E-state index is -0.319. The monoisotopic (exact) mass is 508 g/mol. The molecule has 1 fully saturated rings. The predicted molar refractivity (Wildman–Crippen MR) is 118 cm³/mol. The van der Waals surface area contributed by atoms with Gasteiger partial charge in [0.2, 0.25) is 0 Å². The van der Waals surface area contributed by atoms with Crippen LogP contribution in [0.25, 0.3) is 0 Å². The number of likely N-dealkylation sites (tertiary alicyclic amines) is 1. The van der Waals surface area contributed by atoms with Crippen molar-refractivity contribution in [3.63, 3.8) is 0 Å². The fraction of sp³-hybridized carbons (Fsp3) is 0.579. The molecule has 1 heterocycles. The Kier molecular flexibility index (Phi) is 11.6. The third-order valence-corrected chi connectivity index (χ3v) is 4.13. The molecule has 1 amide bonds. The lowest BCUT2D eigenvalue weighted by Gasteiger charge is -2.32. The number of carbonyl (C=O) groups is 1.